The van der Waals surface area contributed by atoms with Crippen molar-refractivity contribution in [1.82, 2.24) is 0 Å². The molecule has 0 aliphatic carbocycles. The maximum absolute atomic E-state index is 10.8. The van der Waals surface area contributed by atoms with Gasteiger partial charge < -0.3 is 10.2 Å². The Kier molecular flexibility index (Phi) is 4.39. The number of hydrogen-bond acceptors (Lipinski definition) is 5. The number of hydrogen-bond donors (Lipinski definition) is 2. The van der Waals surface area contributed by atoms with Crippen LogP contribution in [0.4, 0.5) is 11.4 Å². The number of halogens is 1. The van der Waals surface area contributed by atoms with Crippen molar-refractivity contribution < 1.29 is 9.66 Å². The van der Waals surface area contributed by atoms with Crippen LogP contribution in [0, 0.1) is 10.1 Å². The van der Waals surface area contributed by atoms with Crippen LogP contribution < -0.4 is 16.0 Å². The molecule has 0 aliphatic rings. The van der Waals surface area contributed by atoms with Gasteiger partial charge in [0.25, 0.3) is 5.69 Å². The Bertz CT molecular complexity index is 634. The van der Waals surface area contributed by atoms with Crippen LogP contribution in [0.5, 0.6) is 5.75 Å². The van der Waals surface area contributed by atoms with E-state index in [0.717, 1.165) is 5.56 Å². The highest BCUT2D eigenvalue weighted by Crippen LogP contribution is 2.25. The molecule has 0 amide bonds. The van der Waals surface area contributed by atoms with Gasteiger partial charge in [0, 0.05) is 11.1 Å². The van der Waals surface area contributed by atoms with E-state index in [-0.39, 0.29) is 18.0 Å². The van der Waals surface area contributed by atoms with Crippen molar-refractivity contribution in [2.75, 3.05) is 5.43 Å². The van der Waals surface area contributed by atoms with Gasteiger partial charge in [-0.3, -0.25) is 16.0 Å². The third-order valence-electron chi connectivity index (χ3n) is 2.61. The number of rotatable bonds is 5. The molecule has 6 nitrogen and oxygen atoms in total. The van der Waals surface area contributed by atoms with E-state index in [2.05, 4.69) is 5.43 Å². The summed E-state index contributed by atoms with van der Waals surface area (Å²) in [4.78, 5) is 10.3. The van der Waals surface area contributed by atoms with E-state index in [1.807, 2.05) is 0 Å². The first-order valence-electron chi connectivity index (χ1n) is 5.72. The fraction of sp³-hybridized carbons (Fsp3) is 0.0769. The average Bonchev–Trinajstić information content (AvgIpc) is 2.44. The lowest BCUT2D eigenvalue weighted by Crippen LogP contribution is -2.09. The van der Waals surface area contributed by atoms with Crippen LogP contribution >= 0.6 is 11.6 Å². The average molecular weight is 294 g/mol. The molecule has 2 aromatic carbocycles. The zero-order valence-corrected chi connectivity index (χ0v) is 11.1. The first-order chi connectivity index (χ1) is 9.60. The molecule has 3 N–H and O–H groups in total. The first-order valence-corrected chi connectivity index (χ1v) is 6.10. The molecule has 7 heteroatoms. The van der Waals surface area contributed by atoms with Crippen LogP contribution in [0.1, 0.15) is 5.56 Å². The van der Waals surface area contributed by atoms with E-state index in [1.165, 1.54) is 6.07 Å². The van der Waals surface area contributed by atoms with Gasteiger partial charge in [-0.25, -0.2) is 0 Å². The van der Waals surface area contributed by atoms with E-state index in [1.54, 1.807) is 36.4 Å². The third-order valence-corrected chi connectivity index (χ3v) is 2.85. The molecule has 0 aliphatic heterocycles. The quantitative estimate of drug-likeness (QED) is 0.502. The van der Waals surface area contributed by atoms with E-state index in [4.69, 9.17) is 22.2 Å². The molecule has 0 atom stereocenters. The first kappa shape index (κ1) is 14.1. The number of nitrogens with zero attached hydrogens (tertiary/aromatic N) is 1. The summed E-state index contributed by atoms with van der Waals surface area (Å²) in [6.07, 6.45) is 0. The van der Waals surface area contributed by atoms with Gasteiger partial charge in [-0.15, -0.1) is 0 Å². The van der Waals surface area contributed by atoms with Gasteiger partial charge in [0.1, 0.15) is 18.0 Å². The standard InChI is InChI=1S/C13H12ClN3O3/c14-10-2-1-3-11(7-10)20-8-9-4-5-13(17(18)19)12(6-9)16-15/h1-7,16H,8,15H2. The Labute approximate surface area is 120 Å². The molecule has 2 aromatic rings. The number of nitrogen functional groups attached to an aromatic ring is 1. The summed E-state index contributed by atoms with van der Waals surface area (Å²) in [5, 5.41) is 11.4. The van der Waals surface area contributed by atoms with Crippen molar-refractivity contribution in [3.63, 3.8) is 0 Å². The highest BCUT2D eigenvalue weighted by Gasteiger charge is 2.13. The van der Waals surface area contributed by atoms with Crippen molar-refractivity contribution in [1.29, 1.82) is 0 Å². The number of benzene rings is 2. The van der Waals surface area contributed by atoms with Crippen LogP contribution in [-0.2, 0) is 6.61 Å². The van der Waals surface area contributed by atoms with Crippen LogP contribution in [0.2, 0.25) is 5.02 Å². The third kappa shape index (κ3) is 3.37. The zero-order valence-electron chi connectivity index (χ0n) is 10.4. The summed E-state index contributed by atoms with van der Waals surface area (Å²) in [6, 6.07) is 11.6. The number of anilines is 1. The Balaban J connectivity index is 2.12. The monoisotopic (exact) mass is 293 g/mol. The SMILES string of the molecule is NNc1cc(COc2cccc(Cl)c2)ccc1[N+](=O)[O-]. The Morgan fingerprint density at radius 3 is 2.75 bits per heavy atom. The molecular formula is C13H12ClN3O3. The molecule has 0 fully saturated rings. The number of ether oxygens (including phenoxy) is 1. The molecule has 0 aromatic heterocycles. The maximum atomic E-state index is 10.8. The number of nitrogens with one attached hydrogen (secondary N) is 1. The van der Waals surface area contributed by atoms with Gasteiger partial charge in [-0.05, 0) is 35.9 Å². The smallest absolute Gasteiger partial charge is 0.293 e. The second-order valence-corrected chi connectivity index (χ2v) is 4.44. The largest absolute Gasteiger partial charge is 0.489 e. The summed E-state index contributed by atoms with van der Waals surface area (Å²) in [6.45, 7) is 0.257. The van der Waals surface area contributed by atoms with E-state index in [0.29, 0.717) is 10.8 Å². The predicted molar refractivity (Wildman–Crippen MR) is 76.7 cm³/mol. The molecule has 0 saturated carbocycles. The molecule has 0 unspecified atom stereocenters. The molecule has 0 spiro atoms. The van der Waals surface area contributed by atoms with Crippen LogP contribution in [-0.4, -0.2) is 4.92 Å². The second kappa shape index (κ2) is 6.23. The molecule has 0 bridgehead atoms. The predicted octanol–water partition coefficient (Wildman–Crippen LogP) is 3.11. The highest BCUT2D eigenvalue weighted by molar-refractivity contribution is 6.30. The van der Waals surface area contributed by atoms with Crippen molar-refractivity contribution >= 4 is 23.0 Å². The maximum Gasteiger partial charge on any atom is 0.293 e. The Morgan fingerprint density at radius 1 is 1.30 bits per heavy atom. The van der Waals surface area contributed by atoms with Crippen molar-refractivity contribution in [3.8, 4) is 5.75 Å². The number of nitrogens with two attached hydrogens (primary N) is 1. The van der Waals surface area contributed by atoms with Gasteiger partial charge in [0.2, 0.25) is 0 Å². The summed E-state index contributed by atoms with van der Waals surface area (Å²) < 4.78 is 5.55. The lowest BCUT2D eigenvalue weighted by Gasteiger charge is -2.08. The minimum Gasteiger partial charge on any atom is -0.489 e. The molecule has 20 heavy (non-hydrogen) atoms. The summed E-state index contributed by atoms with van der Waals surface area (Å²) >= 11 is 5.85. The van der Waals surface area contributed by atoms with E-state index < -0.39 is 4.92 Å². The fourth-order valence-corrected chi connectivity index (χ4v) is 1.85. The fourth-order valence-electron chi connectivity index (χ4n) is 1.67. The number of nitro groups is 1. The van der Waals surface area contributed by atoms with Gasteiger partial charge in [0.05, 0.1) is 4.92 Å². The number of hydrazine groups is 1. The Morgan fingerprint density at radius 2 is 2.10 bits per heavy atom. The highest BCUT2D eigenvalue weighted by atomic mass is 35.5. The molecule has 0 saturated heterocycles. The lowest BCUT2D eigenvalue weighted by molar-refractivity contribution is -0.384. The molecule has 104 valence electrons. The molecular weight excluding hydrogens is 282 g/mol. The number of nitro benzene ring substituents is 1. The molecule has 0 radical (unpaired) electrons. The normalized spacial score (nSPS) is 10.1. The van der Waals surface area contributed by atoms with E-state index in [9.17, 15) is 10.1 Å². The van der Waals surface area contributed by atoms with E-state index >= 15 is 0 Å². The second-order valence-electron chi connectivity index (χ2n) is 4.00. The molecule has 2 rings (SSSR count). The van der Waals surface area contributed by atoms with Crippen molar-refractivity contribution in [3.05, 3.63) is 63.2 Å². The Hall–Kier alpha value is -2.31. The minimum absolute atomic E-state index is 0.0843. The zero-order chi connectivity index (χ0) is 14.5. The van der Waals surface area contributed by atoms with Crippen LogP contribution in [0.3, 0.4) is 0 Å². The van der Waals surface area contributed by atoms with Crippen molar-refractivity contribution in [2.24, 2.45) is 5.84 Å². The van der Waals surface area contributed by atoms with Crippen LogP contribution in [0.25, 0.3) is 0 Å². The topological polar surface area (TPSA) is 90.4 Å². The molecule has 0 heterocycles. The summed E-state index contributed by atoms with van der Waals surface area (Å²) in [7, 11) is 0. The van der Waals surface area contributed by atoms with Crippen molar-refractivity contribution in [2.45, 2.75) is 6.61 Å². The minimum atomic E-state index is -0.503. The summed E-state index contributed by atoms with van der Waals surface area (Å²) in [5.41, 5.74) is 3.21. The van der Waals surface area contributed by atoms with Gasteiger partial charge in [-0.2, -0.15) is 0 Å². The summed E-state index contributed by atoms with van der Waals surface area (Å²) in [5.74, 6) is 5.89. The van der Waals surface area contributed by atoms with Gasteiger partial charge in [0.15, 0.2) is 0 Å². The lowest BCUT2D eigenvalue weighted by atomic mass is 10.2. The van der Waals surface area contributed by atoms with Crippen LogP contribution in [0.15, 0.2) is 42.5 Å². The van der Waals surface area contributed by atoms with Gasteiger partial charge >= 0.3 is 0 Å². The van der Waals surface area contributed by atoms with Gasteiger partial charge in [-0.1, -0.05) is 17.7 Å².